The van der Waals surface area contributed by atoms with Crippen molar-refractivity contribution in [1.82, 2.24) is 9.97 Å². The van der Waals surface area contributed by atoms with E-state index in [9.17, 15) is 9.59 Å². The third-order valence-electron chi connectivity index (χ3n) is 4.90. The van der Waals surface area contributed by atoms with Gasteiger partial charge in [-0.15, -0.1) is 0 Å². The number of pyridine rings is 2. The molecule has 0 radical (unpaired) electrons. The van der Waals surface area contributed by atoms with Crippen molar-refractivity contribution >= 4 is 34.1 Å². The van der Waals surface area contributed by atoms with Crippen molar-refractivity contribution < 1.29 is 9.59 Å². The molecule has 0 spiro atoms. The van der Waals surface area contributed by atoms with Gasteiger partial charge in [0.05, 0.1) is 11.2 Å². The van der Waals surface area contributed by atoms with Crippen LogP contribution in [0.25, 0.3) is 10.9 Å². The molecule has 0 fully saturated rings. The number of anilines is 2. The van der Waals surface area contributed by atoms with Gasteiger partial charge in [-0.25, -0.2) is 0 Å². The summed E-state index contributed by atoms with van der Waals surface area (Å²) >= 11 is 0. The second-order valence-electron chi connectivity index (χ2n) is 7.02. The summed E-state index contributed by atoms with van der Waals surface area (Å²) in [6.07, 6.45) is 3.13. The van der Waals surface area contributed by atoms with Gasteiger partial charge < -0.3 is 10.6 Å². The van der Waals surface area contributed by atoms with Crippen LogP contribution in [0.15, 0.2) is 73.1 Å². The summed E-state index contributed by atoms with van der Waals surface area (Å²) < 4.78 is 0. The maximum absolute atomic E-state index is 12.8. The molecule has 0 aliphatic rings. The number of benzene rings is 2. The fraction of sp³-hybridized carbons (Fsp3) is 0.0833. The minimum Gasteiger partial charge on any atom is -0.321 e. The highest BCUT2D eigenvalue weighted by Gasteiger charge is 2.14. The van der Waals surface area contributed by atoms with Crippen LogP contribution in [-0.4, -0.2) is 21.8 Å². The van der Waals surface area contributed by atoms with Crippen molar-refractivity contribution in [2.45, 2.75) is 13.8 Å². The van der Waals surface area contributed by atoms with Crippen LogP contribution < -0.4 is 10.6 Å². The second kappa shape index (κ2) is 8.13. The van der Waals surface area contributed by atoms with E-state index in [1.54, 1.807) is 18.3 Å². The number of para-hydroxylation sites is 1. The SMILES string of the molecule is Cc1ccc(NC(=O)c2cc(C(=O)Nc3cccc4cccnc34)ccn2)cc1C. The van der Waals surface area contributed by atoms with Crippen molar-refractivity contribution in [3.8, 4) is 0 Å². The lowest BCUT2D eigenvalue weighted by Gasteiger charge is -2.10. The van der Waals surface area contributed by atoms with Crippen molar-refractivity contribution in [2.75, 3.05) is 10.6 Å². The van der Waals surface area contributed by atoms with Crippen LogP contribution in [0.2, 0.25) is 0 Å². The van der Waals surface area contributed by atoms with E-state index in [0.717, 1.165) is 16.5 Å². The smallest absolute Gasteiger partial charge is 0.274 e. The van der Waals surface area contributed by atoms with Crippen molar-refractivity contribution in [1.29, 1.82) is 0 Å². The Balaban J connectivity index is 1.54. The molecular formula is C24H20N4O2. The molecule has 0 bridgehead atoms. The number of amides is 2. The molecule has 6 heteroatoms. The molecule has 0 aliphatic heterocycles. The number of fused-ring (bicyclic) bond motifs is 1. The van der Waals surface area contributed by atoms with Crippen LogP contribution in [0.1, 0.15) is 32.0 Å². The number of carbonyl (C=O) groups excluding carboxylic acids is 2. The zero-order valence-corrected chi connectivity index (χ0v) is 16.6. The summed E-state index contributed by atoms with van der Waals surface area (Å²) in [5.74, 6) is -0.712. The minimum absolute atomic E-state index is 0.164. The fourth-order valence-electron chi connectivity index (χ4n) is 3.11. The third-order valence-corrected chi connectivity index (χ3v) is 4.90. The van der Waals surface area contributed by atoms with E-state index < -0.39 is 0 Å². The van der Waals surface area contributed by atoms with E-state index in [1.165, 1.54) is 12.3 Å². The lowest BCUT2D eigenvalue weighted by Crippen LogP contribution is -2.17. The van der Waals surface area contributed by atoms with Gasteiger partial charge >= 0.3 is 0 Å². The topological polar surface area (TPSA) is 84.0 Å². The standard InChI is InChI=1S/C24H20N4O2/c1-15-8-9-19(13-16(15)2)27-24(30)21-14-18(10-12-25-21)23(29)28-20-7-3-5-17-6-4-11-26-22(17)20/h3-14H,1-2H3,(H,27,30)(H,28,29). The molecule has 0 saturated heterocycles. The molecule has 2 amide bonds. The Kier molecular flexibility index (Phi) is 5.22. The van der Waals surface area contributed by atoms with Crippen LogP contribution in [0, 0.1) is 13.8 Å². The molecule has 148 valence electrons. The Bertz CT molecular complexity index is 1260. The van der Waals surface area contributed by atoms with Gasteiger partial charge in [-0.05, 0) is 61.4 Å². The van der Waals surface area contributed by atoms with Crippen LogP contribution in [0.4, 0.5) is 11.4 Å². The normalized spacial score (nSPS) is 10.6. The quantitative estimate of drug-likeness (QED) is 0.521. The molecule has 4 rings (SSSR count). The van der Waals surface area contributed by atoms with E-state index in [2.05, 4.69) is 20.6 Å². The predicted octanol–water partition coefficient (Wildman–Crippen LogP) is 4.75. The molecule has 2 heterocycles. The third kappa shape index (κ3) is 4.03. The molecule has 0 unspecified atom stereocenters. The lowest BCUT2D eigenvalue weighted by atomic mass is 10.1. The van der Waals surface area contributed by atoms with E-state index in [4.69, 9.17) is 0 Å². The first-order chi connectivity index (χ1) is 14.5. The summed E-state index contributed by atoms with van der Waals surface area (Å²) in [4.78, 5) is 33.8. The van der Waals surface area contributed by atoms with Gasteiger partial charge in [0.15, 0.2) is 0 Å². The molecule has 4 aromatic rings. The Morgan fingerprint density at radius 2 is 1.60 bits per heavy atom. The Morgan fingerprint density at radius 1 is 0.767 bits per heavy atom. The second-order valence-corrected chi connectivity index (χ2v) is 7.02. The molecule has 2 aromatic heterocycles. The van der Waals surface area contributed by atoms with Crippen molar-refractivity contribution in [3.63, 3.8) is 0 Å². The average Bonchev–Trinajstić information content (AvgIpc) is 2.76. The maximum atomic E-state index is 12.8. The van der Waals surface area contributed by atoms with Crippen LogP contribution in [0.3, 0.4) is 0 Å². The van der Waals surface area contributed by atoms with E-state index in [1.807, 2.05) is 56.3 Å². The monoisotopic (exact) mass is 396 g/mol. The molecule has 0 aliphatic carbocycles. The highest BCUT2D eigenvalue weighted by Crippen LogP contribution is 2.21. The summed E-state index contributed by atoms with van der Waals surface area (Å²) in [6.45, 7) is 3.99. The summed E-state index contributed by atoms with van der Waals surface area (Å²) in [6, 6.07) is 18.1. The van der Waals surface area contributed by atoms with Gasteiger partial charge in [0.1, 0.15) is 5.69 Å². The fourth-order valence-corrected chi connectivity index (χ4v) is 3.11. The zero-order valence-electron chi connectivity index (χ0n) is 16.6. The van der Waals surface area contributed by atoms with E-state index in [-0.39, 0.29) is 17.5 Å². The first kappa shape index (κ1) is 19.3. The molecule has 2 N–H and O–H groups in total. The molecular weight excluding hydrogens is 376 g/mol. The number of aryl methyl sites for hydroxylation is 2. The number of hydrogen-bond acceptors (Lipinski definition) is 4. The maximum Gasteiger partial charge on any atom is 0.274 e. The first-order valence-corrected chi connectivity index (χ1v) is 9.51. The minimum atomic E-state index is -0.375. The Labute approximate surface area is 174 Å². The van der Waals surface area contributed by atoms with Crippen molar-refractivity contribution in [3.05, 3.63) is 95.4 Å². The van der Waals surface area contributed by atoms with Gasteiger partial charge in [0.2, 0.25) is 0 Å². The number of carbonyl (C=O) groups is 2. The highest BCUT2D eigenvalue weighted by molar-refractivity contribution is 6.10. The molecule has 0 atom stereocenters. The van der Waals surface area contributed by atoms with Gasteiger partial charge in [0.25, 0.3) is 11.8 Å². The van der Waals surface area contributed by atoms with Crippen molar-refractivity contribution in [2.24, 2.45) is 0 Å². The highest BCUT2D eigenvalue weighted by atomic mass is 16.2. The number of nitrogens with zero attached hydrogens (tertiary/aromatic N) is 2. The molecule has 0 saturated carbocycles. The first-order valence-electron chi connectivity index (χ1n) is 9.51. The number of hydrogen-bond donors (Lipinski definition) is 2. The van der Waals surface area contributed by atoms with Gasteiger partial charge in [0, 0.05) is 29.0 Å². The Hall–Kier alpha value is -4.06. The predicted molar refractivity (Wildman–Crippen MR) is 118 cm³/mol. The largest absolute Gasteiger partial charge is 0.321 e. The average molecular weight is 396 g/mol. The molecule has 30 heavy (non-hydrogen) atoms. The summed E-state index contributed by atoms with van der Waals surface area (Å²) in [7, 11) is 0. The number of aromatic nitrogens is 2. The summed E-state index contributed by atoms with van der Waals surface area (Å²) in [5.41, 5.74) is 4.72. The molecule has 2 aromatic carbocycles. The van der Waals surface area contributed by atoms with E-state index >= 15 is 0 Å². The van der Waals surface area contributed by atoms with Gasteiger partial charge in [-0.1, -0.05) is 24.3 Å². The van der Waals surface area contributed by atoms with Crippen LogP contribution >= 0.6 is 0 Å². The lowest BCUT2D eigenvalue weighted by molar-refractivity contribution is 0.102. The van der Waals surface area contributed by atoms with Gasteiger partial charge in [-0.3, -0.25) is 19.6 Å². The zero-order chi connectivity index (χ0) is 21.1. The van der Waals surface area contributed by atoms with E-state index in [0.29, 0.717) is 22.5 Å². The summed E-state index contributed by atoms with van der Waals surface area (Å²) in [5, 5.41) is 6.62. The Morgan fingerprint density at radius 3 is 2.43 bits per heavy atom. The van der Waals surface area contributed by atoms with Crippen LogP contribution in [-0.2, 0) is 0 Å². The number of rotatable bonds is 4. The molecule has 6 nitrogen and oxygen atoms in total. The van der Waals surface area contributed by atoms with Crippen LogP contribution in [0.5, 0.6) is 0 Å². The van der Waals surface area contributed by atoms with Gasteiger partial charge in [-0.2, -0.15) is 0 Å². The number of nitrogens with one attached hydrogen (secondary N) is 2.